The van der Waals surface area contributed by atoms with Crippen LogP contribution in [0, 0.1) is 12.8 Å². The minimum atomic E-state index is -3.57. The van der Waals surface area contributed by atoms with Crippen LogP contribution in [0.4, 0.5) is 5.69 Å². The molecule has 8 heteroatoms. The van der Waals surface area contributed by atoms with Gasteiger partial charge in [0, 0.05) is 42.1 Å². The van der Waals surface area contributed by atoms with Crippen molar-refractivity contribution in [3.63, 3.8) is 0 Å². The number of carbonyl (C=O) groups is 1. The highest BCUT2D eigenvalue weighted by Crippen LogP contribution is 2.28. The summed E-state index contributed by atoms with van der Waals surface area (Å²) in [4.78, 5) is 19.7. The highest BCUT2D eigenvalue weighted by atomic mass is 35.5. The van der Waals surface area contributed by atoms with Gasteiger partial charge in [0.1, 0.15) is 0 Å². The van der Waals surface area contributed by atoms with Gasteiger partial charge in [-0.15, -0.1) is 0 Å². The summed E-state index contributed by atoms with van der Waals surface area (Å²) >= 11 is 6.05. The number of benzene rings is 2. The van der Waals surface area contributed by atoms with E-state index in [1.54, 1.807) is 53.7 Å². The molecule has 1 saturated heterocycles. The van der Waals surface area contributed by atoms with Crippen molar-refractivity contribution >= 4 is 33.2 Å². The molecule has 2 aromatic carbocycles. The Hall–Kier alpha value is -2.74. The highest BCUT2D eigenvalue weighted by molar-refractivity contribution is 7.89. The number of aryl methyl sites for hydroxylation is 1. The number of rotatable bonds is 6. The first-order valence-corrected chi connectivity index (χ1v) is 12.7. The summed E-state index contributed by atoms with van der Waals surface area (Å²) in [6.07, 6.45) is 4.39. The predicted molar refractivity (Wildman–Crippen MR) is 130 cm³/mol. The largest absolute Gasteiger partial charge is 0.308 e. The summed E-state index contributed by atoms with van der Waals surface area (Å²) in [6, 6.07) is 17.8. The summed E-state index contributed by atoms with van der Waals surface area (Å²) in [5.74, 6) is -0.282. The Morgan fingerprint density at radius 1 is 1.06 bits per heavy atom. The summed E-state index contributed by atoms with van der Waals surface area (Å²) in [6.45, 7) is 2.93. The number of hydrogen-bond donors (Lipinski definition) is 0. The molecular formula is C25H26ClN3O3S. The average Bonchev–Trinajstić information content (AvgIpc) is 2.84. The molecule has 1 fully saturated rings. The normalized spacial score (nSPS) is 15.3. The van der Waals surface area contributed by atoms with Crippen molar-refractivity contribution in [3.05, 3.63) is 89.2 Å². The molecule has 0 bridgehead atoms. The molecular weight excluding hydrogens is 458 g/mol. The Bertz CT molecular complexity index is 1190. The van der Waals surface area contributed by atoms with E-state index in [1.165, 1.54) is 4.31 Å². The third-order valence-corrected chi connectivity index (χ3v) is 8.09. The van der Waals surface area contributed by atoms with E-state index in [1.807, 2.05) is 31.2 Å². The second-order valence-electron chi connectivity index (χ2n) is 8.25. The number of hydrogen-bond acceptors (Lipinski definition) is 4. The predicted octanol–water partition coefficient (Wildman–Crippen LogP) is 4.68. The zero-order chi connectivity index (χ0) is 23.4. The fraction of sp³-hybridized carbons (Fsp3) is 0.280. The monoisotopic (exact) mass is 483 g/mol. The molecule has 1 aromatic heterocycles. The van der Waals surface area contributed by atoms with Gasteiger partial charge < -0.3 is 4.90 Å². The van der Waals surface area contributed by atoms with Crippen LogP contribution in [0.2, 0.25) is 5.02 Å². The fourth-order valence-electron chi connectivity index (χ4n) is 4.01. The molecule has 172 valence electrons. The van der Waals surface area contributed by atoms with E-state index in [2.05, 4.69) is 4.98 Å². The minimum Gasteiger partial charge on any atom is -0.308 e. The number of carbonyl (C=O) groups excluding carboxylic acids is 1. The highest BCUT2D eigenvalue weighted by Gasteiger charge is 2.34. The van der Waals surface area contributed by atoms with E-state index < -0.39 is 10.0 Å². The maximum absolute atomic E-state index is 13.6. The van der Waals surface area contributed by atoms with Crippen molar-refractivity contribution in [1.82, 2.24) is 9.29 Å². The lowest BCUT2D eigenvalue weighted by Gasteiger charge is -2.34. The van der Waals surface area contributed by atoms with Crippen LogP contribution in [0.25, 0.3) is 0 Å². The number of aromatic nitrogens is 1. The molecule has 6 nitrogen and oxygen atoms in total. The quantitative estimate of drug-likeness (QED) is 0.510. The van der Waals surface area contributed by atoms with Crippen molar-refractivity contribution in [2.24, 2.45) is 5.92 Å². The molecule has 33 heavy (non-hydrogen) atoms. The second kappa shape index (κ2) is 10.0. The summed E-state index contributed by atoms with van der Waals surface area (Å²) in [7, 11) is -3.57. The van der Waals surface area contributed by atoms with Crippen molar-refractivity contribution in [3.8, 4) is 0 Å². The van der Waals surface area contributed by atoms with Crippen LogP contribution in [-0.2, 0) is 21.4 Å². The van der Waals surface area contributed by atoms with Crippen LogP contribution in [0.5, 0.6) is 0 Å². The van der Waals surface area contributed by atoms with Gasteiger partial charge in [0.05, 0.1) is 11.4 Å². The number of anilines is 1. The third-order valence-electron chi connectivity index (χ3n) is 5.93. The SMILES string of the molecule is Cc1ccc(S(=O)(=O)N2CCC(C(=O)N(Cc3cccnc3)c3ccc(Cl)cc3)CC2)cc1. The molecule has 0 unspecified atom stereocenters. The van der Waals surface area contributed by atoms with Gasteiger partial charge in [0.25, 0.3) is 0 Å². The van der Waals surface area contributed by atoms with Gasteiger partial charge >= 0.3 is 0 Å². The smallest absolute Gasteiger partial charge is 0.243 e. The van der Waals surface area contributed by atoms with Gasteiger partial charge in [0.2, 0.25) is 15.9 Å². The van der Waals surface area contributed by atoms with E-state index in [0.29, 0.717) is 37.5 Å². The lowest BCUT2D eigenvalue weighted by molar-refractivity contribution is -0.123. The Balaban J connectivity index is 1.49. The third kappa shape index (κ3) is 5.43. The number of sulfonamides is 1. The van der Waals surface area contributed by atoms with Gasteiger partial charge in [-0.1, -0.05) is 35.4 Å². The number of piperidine rings is 1. The first kappa shape index (κ1) is 23.4. The molecule has 4 rings (SSSR count). The van der Waals surface area contributed by atoms with E-state index in [9.17, 15) is 13.2 Å². The summed E-state index contributed by atoms with van der Waals surface area (Å²) in [5, 5.41) is 0.599. The molecule has 3 aromatic rings. The number of amides is 1. The maximum Gasteiger partial charge on any atom is 0.243 e. The van der Waals surface area contributed by atoms with Crippen LogP contribution in [-0.4, -0.2) is 36.7 Å². The first-order valence-electron chi connectivity index (χ1n) is 10.9. The van der Waals surface area contributed by atoms with Crippen LogP contribution in [0.3, 0.4) is 0 Å². The molecule has 0 atom stereocenters. The van der Waals surface area contributed by atoms with Crippen molar-refractivity contribution in [2.45, 2.75) is 31.2 Å². The van der Waals surface area contributed by atoms with Gasteiger partial charge in [0.15, 0.2) is 0 Å². The first-order chi connectivity index (χ1) is 15.8. The van der Waals surface area contributed by atoms with E-state index in [4.69, 9.17) is 11.6 Å². The van der Waals surface area contributed by atoms with Gasteiger partial charge in [-0.05, 0) is 67.8 Å². The molecule has 0 saturated carbocycles. The lowest BCUT2D eigenvalue weighted by Crippen LogP contribution is -2.44. The Kier molecular flexibility index (Phi) is 7.12. The van der Waals surface area contributed by atoms with Gasteiger partial charge in [-0.25, -0.2) is 8.42 Å². The molecule has 1 amide bonds. The lowest BCUT2D eigenvalue weighted by atomic mass is 9.96. The summed E-state index contributed by atoms with van der Waals surface area (Å²) < 4.78 is 27.5. The van der Waals surface area contributed by atoms with Crippen LogP contribution < -0.4 is 4.90 Å². The van der Waals surface area contributed by atoms with E-state index in [-0.39, 0.29) is 16.7 Å². The molecule has 0 N–H and O–H groups in total. The minimum absolute atomic E-state index is 0.0199. The Labute approximate surface area is 199 Å². The molecule has 0 radical (unpaired) electrons. The second-order valence-corrected chi connectivity index (χ2v) is 10.6. The molecule has 0 spiro atoms. The molecule has 1 aliphatic rings. The van der Waals surface area contributed by atoms with Gasteiger partial charge in [-0.3, -0.25) is 9.78 Å². The van der Waals surface area contributed by atoms with E-state index in [0.717, 1.165) is 16.8 Å². The molecule has 0 aliphatic carbocycles. The zero-order valence-electron chi connectivity index (χ0n) is 18.4. The maximum atomic E-state index is 13.6. The van der Waals surface area contributed by atoms with Crippen molar-refractivity contribution < 1.29 is 13.2 Å². The van der Waals surface area contributed by atoms with Crippen LogP contribution in [0.1, 0.15) is 24.0 Å². The molecule has 1 aliphatic heterocycles. The van der Waals surface area contributed by atoms with Crippen molar-refractivity contribution in [2.75, 3.05) is 18.0 Å². The fourth-order valence-corrected chi connectivity index (χ4v) is 5.61. The number of nitrogens with zero attached hydrogens (tertiary/aromatic N) is 3. The summed E-state index contributed by atoms with van der Waals surface area (Å²) in [5.41, 5.74) is 2.68. The number of halogens is 1. The Morgan fingerprint density at radius 2 is 1.73 bits per heavy atom. The zero-order valence-corrected chi connectivity index (χ0v) is 20.0. The van der Waals surface area contributed by atoms with Gasteiger partial charge in [-0.2, -0.15) is 4.31 Å². The van der Waals surface area contributed by atoms with Crippen LogP contribution >= 0.6 is 11.6 Å². The molecule has 2 heterocycles. The van der Waals surface area contributed by atoms with Crippen LogP contribution in [0.15, 0.2) is 78.0 Å². The van der Waals surface area contributed by atoms with E-state index >= 15 is 0 Å². The number of pyridine rings is 1. The Morgan fingerprint density at radius 3 is 2.33 bits per heavy atom. The standard InChI is InChI=1S/C25H26ClN3O3S/c1-19-4-10-24(11-5-19)33(31,32)28-15-12-21(13-16-28)25(30)29(18-20-3-2-14-27-17-20)23-8-6-22(26)7-9-23/h2-11,14,17,21H,12-13,15-16,18H2,1H3. The topological polar surface area (TPSA) is 70.6 Å². The average molecular weight is 484 g/mol. The van der Waals surface area contributed by atoms with Crippen molar-refractivity contribution in [1.29, 1.82) is 0 Å².